The molecule has 1 atom stereocenters. The van der Waals surface area contributed by atoms with E-state index in [-0.39, 0.29) is 0 Å². The van der Waals surface area contributed by atoms with Gasteiger partial charge in [0.1, 0.15) is 0 Å². The van der Waals surface area contributed by atoms with Crippen molar-refractivity contribution in [3.63, 3.8) is 0 Å². The largest absolute Gasteiger partial charge is 0.312 e. The lowest BCUT2D eigenvalue weighted by molar-refractivity contribution is 0.513. The Balaban J connectivity index is 1.97. The van der Waals surface area contributed by atoms with Gasteiger partial charge in [0, 0.05) is 15.8 Å². The van der Waals surface area contributed by atoms with Crippen LogP contribution in [0.2, 0.25) is 0 Å². The van der Waals surface area contributed by atoms with Gasteiger partial charge in [0.2, 0.25) is 0 Å². The van der Waals surface area contributed by atoms with E-state index < -0.39 is 0 Å². The van der Waals surface area contributed by atoms with Gasteiger partial charge in [0.05, 0.1) is 0 Å². The lowest BCUT2D eigenvalue weighted by Crippen LogP contribution is -2.15. The van der Waals surface area contributed by atoms with Gasteiger partial charge in [-0.1, -0.05) is 12.8 Å². The maximum Gasteiger partial charge on any atom is 0.0412 e. The fraction of sp³-hybridized carbons (Fsp3) is 0.692. The monoisotopic (exact) mass is 223 g/mol. The number of hydrogen-bond acceptors (Lipinski definition) is 2. The Kier molecular flexibility index (Phi) is 3.47. The van der Waals surface area contributed by atoms with Crippen molar-refractivity contribution >= 4 is 11.3 Å². The molecule has 1 aliphatic rings. The maximum atomic E-state index is 3.45. The Labute approximate surface area is 96.9 Å². The summed E-state index contributed by atoms with van der Waals surface area (Å²) in [6, 6.07) is 2.94. The second-order valence-electron chi connectivity index (χ2n) is 4.75. The summed E-state index contributed by atoms with van der Waals surface area (Å²) in [5.41, 5.74) is 1.45. The van der Waals surface area contributed by atoms with Crippen LogP contribution in [0.3, 0.4) is 0 Å². The molecule has 2 heteroatoms. The molecule has 1 N–H and O–H groups in total. The van der Waals surface area contributed by atoms with Crippen molar-refractivity contribution in [3.05, 3.63) is 21.4 Å². The Morgan fingerprint density at radius 3 is 2.67 bits per heavy atom. The summed E-state index contributed by atoms with van der Waals surface area (Å²) in [6.07, 6.45) is 5.65. The molecule has 0 aliphatic heterocycles. The molecule has 0 bridgehead atoms. The van der Waals surface area contributed by atoms with Gasteiger partial charge in [-0.15, -0.1) is 11.3 Å². The first-order chi connectivity index (χ1) is 7.20. The summed E-state index contributed by atoms with van der Waals surface area (Å²) in [5.74, 6) is 1.04. The zero-order valence-electron chi connectivity index (χ0n) is 9.97. The Morgan fingerprint density at radius 1 is 1.47 bits per heavy atom. The molecule has 1 nitrogen and oxygen atoms in total. The van der Waals surface area contributed by atoms with Crippen LogP contribution in [0.4, 0.5) is 0 Å². The highest BCUT2D eigenvalue weighted by Gasteiger charge is 2.23. The lowest BCUT2D eigenvalue weighted by Gasteiger charge is -2.13. The molecule has 0 radical (unpaired) electrons. The normalized spacial score (nSPS) is 18.1. The fourth-order valence-electron chi connectivity index (χ4n) is 2.01. The molecule has 1 aliphatic carbocycles. The quantitative estimate of drug-likeness (QED) is 0.800. The highest BCUT2D eigenvalue weighted by atomic mass is 32.1. The van der Waals surface area contributed by atoms with Gasteiger partial charge in [0.25, 0.3) is 0 Å². The molecule has 0 saturated heterocycles. The van der Waals surface area contributed by atoms with Crippen molar-refractivity contribution in [2.24, 2.45) is 5.92 Å². The van der Waals surface area contributed by atoms with E-state index in [1.165, 1.54) is 41.0 Å². The lowest BCUT2D eigenvalue weighted by atomic mass is 10.1. The number of aryl methyl sites for hydroxylation is 2. The number of hydrogen-bond donors (Lipinski definition) is 1. The van der Waals surface area contributed by atoms with Crippen molar-refractivity contribution in [2.75, 3.05) is 7.05 Å². The van der Waals surface area contributed by atoms with Crippen molar-refractivity contribution < 1.29 is 0 Å². The Hall–Kier alpha value is -0.340. The molecular formula is C13H21NS. The van der Waals surface area contributed by atoms with Crippen LogP contribution in [-0.4, -0.2) is 7.05 Å². The summed E-state index contributed by atoms with van der Waals surface area (Å²) in [5, 5.41) is 3.45. The average molecular weight is 223 g/mol. The van der Waals surface area contributed by atoms with Gasteiger partial charge < -0.3 is 5.32 Å². The molecule has 15 heavy (non-hydrogen) atoms. The van der Waals surface area contributed by atoms with Crippen LogP contribution in [0, 0.1) is 19.8 Å². The molecule has 2 rings (SSSR count). The van der Waals surface area contributed by atoms with Crippen molar-refractivity contribution in [1.82, 2.24) is 5.32 Å². The molecule has 0 aromatic carbocycles. The van der Waals surface area contributed by atoms with Crippen molar-refractivity contribution in [1.29, 1.82) is 0 Å². The third-order valence-electron chi connectivity index (χ3n) is 3.44. The minimum atomic E-state index is 0.586. The molecule has 1 saturated carbocycles. The SMILES string of the molecule is CNC(CCC1CC1)c1cc(C)c(C)s1. The van der Waals surface area contributed by atoms with Crippen LogP contribution in [-0.2, 0) is 0 Å². The maximum absolute atomic E-state index is 3.45. The number of rotatable bonds is 5. The Bertz CT molecular complexity index is 306. The molecule has 1 unspecified atom stereocenters. The summed E-state index contributed by atoms with van der Waals surface area (Å²) in [6.45, 7) is 4.43. The minimum Gasteiger partial charge on any atom is -0.312 e. The third kappa shape index (κ3) is 2.82. The predicted molar refractivity (Wildman–Crippen MR) is 67.6 cm³/mol. The van der Waals surface area contributed by atoms with E-state index in [4.69, 9.17) is 0 Å². The first kappa shape index (κ1) is 11.2. The summed E-state index contributed by atoms with van der Waals surface area (Å²) in [4.78, 5) is 2.99. The fourth-order valence-corrected chi connectivity index (χ4v) is 3.20. The van der Waals surface area contributed by atoms with Gasteiger partial charge in [-0.2, -0.15) is 0 Å². The first-order valence-electron chi connectivity index (χ1n) is 5.95. The highest BCUT2D eigenvalue weighted by Crippen LogP contribution is 2.37. The minimum absolute atomic E-state index is 0.586. The number of nitrogens with one attached hydrogen (secondary N) is 1. The van der Waals surface area contributed by atoms with Crippen LogP contribution < -0.4 is 5.32 Å². The molecule has 1 fully saturated rings. The van der Waals surface area contributed by atoms with E-state index in [1.54, 1.807) is 0 Å². The molecule has 0 spiro atoms. The zero-order valence-corrected chi connectivity index (χ0v) is 10.8. The van der Waals surface area contributed by atoms with Gasteiger partial charge in [-0.25, -0.2) is 0 Å². The highest BCUT2D eigenvalue weighted by molar-refractivity contribution is 7.12. The topological polar surface area (TPSA) is 12.0 Å². The first-order valence-corrected chi connectivity index (χ1v) is 6.76. The van der Waals surface area contributed by atoms with Gasteiger partial charge >= 0.3 is 0 Å². The molecule has 1 aromatic heterocycles. The standard InChI is InChI=1S/C13H21NS/c1-9-8-13(15-10(9)2)12(14-3)7-6-11-4-5-11/h8,11-12,14H,4-7H2,1-3H3. The van der Waals surface area contributed by atoms with E-state index in [2.05, 4.69) is 32.3 Å². The van der Waals surface area contributed by atoms with E-state index >= 15 is 0 Å². The predicted octanol–water partition coefficient (Wildman–Crippen LogP) is 3.82. The van der Waals surface area contributed by atoms with Crippen molar-refractivity contribution in [3.8, 4) is 0 Å². The molecule has 1 heterocycles. The summed E-state index contributed by atoms with van der Waals surface area (Å²) in [7, 11) is 2.09. The van der Waals surface area contributed by atoms with Gasteiger partial charge in [0.15, 0.2) is 0 Å². The van der Waals surface area contributed by atoms with Gasteiger partial charge in [-0.3, -0.25) is 0 Å². The Morgan fingerprint density at radius 2 is 2.20 bits per heavy atom. The van der Waals surface area contributed by atoms with Crippen LogP contribution in [0.25, 0.3) is 0 Å². The average Bonchev–Trinajstić information content (AvgIpc) is 2.96. The van der Waals surface area contributed by atoms with Crippen molar-refractivity contribution in [2.45, 2.75) is 45.6 Å². The van der Waals surface area contributed by atoms with E-state index in [0.29, 0.717) is 6.04 Å². The third-order valence-corrected chi connectivity index (χ3v) is 4.70. The van der Waals surface area contributed by atoms with Crippen LogP contribution in [0.15, 0.2) is 6.07 Å². The molecule has 1 aromatic rings. The second-order valence-corrected chi connectivity index (χ2v) is 6.04. The number of thiophene rings is 1. The van der Waals surface area contributed by atoms with Gasteiger partial charge in [-0.05, 0) is 51.3 Å². The van der Waals surface area contributed by atoms with Crippen LogP contribution >= 0.6 is 11.3 Å². The summed E-state index contributed by atoms with van der Waals surface area (Å²) >= 11 is 1.96. The van der Waals surface area contributed by atoms with E-state index in [1.807, 2.05) is 11.3 Å². The summed E-state index contributed by atoms with van der Waals surface area (Å²) < 4.78 is 0. The second kappa shape index (κ2) is 4.67. The molecule has 0 amide bonds. The molecular weight excluding hydrogens is 202 g/mol. The smallest absolute Gasteiger partial charge is 0.0412 e. The van der Waals surface area contributed by atoms with E-state index in [9.17, 15) is 0 Å². The zero-order chi connectivity index (χ0) is 10.8. The van der Waals surface area contributed by atoms with E-state index in [0.717, 1.165) is 5.92 Å². The van der Waals surface area contributed by atoms with Crippen LogP contribution in [0.1, 0.15) is 47.0 Å². The molecule has 84 valence electrons. The van der Waals surface area contributed by atoms with Crippen LogP contribution in [0.5, 0.6) is 0 Å².